The summed E-state index contributed by atoms with van der Waals surface area (Å²) in [5.41, 5.74) is -0.991. The summed E-state index contributed by atoms with van der Waals surface area (Å²) in [6.07, 6.45) is -1.55. The predicted octanol–water partition coefficient (Wildman–Crippen LogP) is 4.20. The van der Waals surface area contributed by atoms with Crippen molar-refractivity contribution in [3.63, 3.8) is 0 Å². The Morgan fingerprint density at radius 1 is 1.17 bits per heavy atom. The topological polar surface area (TPSA) is 66.9 Å². The molecule has 3 rings (SSSR count). The van der Waals surface area contributed by atoms with E-state index in [1.54, 1.807) is 6.07 Å². The third-order valence-electron chi connectivity index (χ3n) is 3.30. The van der Waals surface area contributed by atoms with Gasteiger partial charge in [0, 0.05) is 23.3 Å². The van der Waals surface area contributed by atoms with Gasteiger partial charge in [-0.3, -0.25) is 9.78 Å². The number of alkyl halides is 3. The normalized spacial score (nSPS) is 11.4. The summed E-state index contributed by atoms with van der Waals surface area (Å²) < 4.78 is 45.2. The summed E-state index contributed by atoms with van der Waals surface area (Å²) in [5.74, 6) is -0.00328. The molecule has 0 saturated carbocycles. The summed E-state index contributed by atoms with van der Waals surface area (Å²) in [5, 5.41) is 9.23. The van der Waals surface area contributed by atoms with Gasteiger partial charge in [0.15, 0.2) is 12.0 Å². The standard InChI is InChI=1S/C16H7F3N2O2/c17-16(18,19)14-3-9(5-20)1-2-12(14)13-7-21-6-10-4-11(8-22)23-15(10)13/h1-4,6-8H. The number of nitriles is 1. The van der Waals surface area contributed by atoms with Crippen LogP contribution in [-0.2, 0) is 6.18 Å². The van der Waals surface area contributed by atoms with Crippen molar-refractivity contribution in [2.24, 2.45) is 0 Å². The zero-order valence-electron chi connectivity index (χ0n) is 11.4. The second kappa shape index (κ2) is 5.25. The first kappa shape index (κ1) is 14.8. The lowest BCUT2D eigenvalue weighted by atomic mass is 9.97. The largest absolute Gasteiger partial charge is 0.453 e. The van der Waals surface area contributed by atoms with Crippen LogP contribution in [0.4, 0.5) is 13.2 Å². The van der Waals surface area contributed by atoms with Gasteiger partial charge in [0.1, 0.15) is 5.58 Å². The molecule has 0 amide bonds. The molecule has 3 aromatic rings. The Hall–Kier alpha value is -3.14. The summed E-state index contributed by atoms with van der Waals surface area (Å²) in [7, 11) is 0. The van der Waals surface area contributed by atoms with Crippen molar-refractivity contribution in [3.05, 3.63) is 53.5 Å². The quantitative estimate of drug-likeness (QED) is 0.665. The highest BCUT2D eigenvalue weighted by atomic mass is 19.4. The molecule has 0 radical (unpaired) electrons. The summed E-state index contributed by atoms with van der Waals surface area (Å²) in [4.78, 5) is 14.7. The predicted molar refractivity (Wildman–Crippen MR) is 74.5 cm³/mol. The number of aromatic nitrogens is 1. The van der Waals surface area contributed by atoms with Gasteiger partial charge in [0.25, 0.3) is 0 Å². The zero-order chi connectivity index (χ0) is 16.6. The van der Waals surface area contributed by atoms with Crippen molar-refractivity contribution in [1.29, 1.82) is 5.26 Å². The maximum atomic E-state index is 13.3. The number of rotatable bonds is 2. The summed E-state index contributed by atoms with van der Waals surface area (Å²) in [6.45, 7) is 0. The van der Waals surface area contributed by atoms with E-state index in [0.717, 1.165) is 6.07 Å². The minimum atomic E-state index is -4.65. The molecular formula is C16H7F3N2O2. The van der Waals surface area contributed by atoms with Gasteiger partial charge in [0.05, 0.1) is 17.2 Å². The number of halogens is 3. The van der Waals surface area contributed by atoms with Crippen LogP contribution in [0.5, 0.6) is 0 Å². The van der Waals surface area contributed by atoms with Crippen molar-refractivity contribution >= 4 is 17.3 Å². The number of pyridine rings is 1. The second-order valence-corrected chi connectivity index (χ2v) is 4.74. The van der Waals surface area contributed by atoms with Gasteiger partial charge in [0.2, 0.25) is 0 Å². The first-order valence-corrected chi connectivity index (χ1v) is 6.38. The van der Waals surface area contributed by atoms with Gasteiger partial charge in [-0.05, 0) is 23.8 Å². The molecule has 23 heavy (non-hydrogen) atoms. The van der Waals surface area contributed by atoms with E-state index < -0.39 is 11.7 Å². The van der Waals surface area contributed by atoms with Crippen molar-refractivity contribution in [2.45, 2.75) is 6.18 Å². The van der Waals surface area contributed by atoms with Crippen LogP contribution in [0, 0.1) is 11.3 Å². The van der Waals surface area contributed by atoms with Crippen LogP contribution in [0.25, 0.3) is 22.1 Å². The third kappa shape index (κ3) is 2.55. The molecule has 7 heteroatoms. The van der Waals surface area contributed by atoms with Crippen LogP contribution in [-0.4, -0.2) is 11.3 Å². The van der Waals surface area contributed by atoms with Gasteiger partial charge < -0.3 is 4.42 Å². The molecule has 0 fully saturated rings. The van der Waals surface area contributed by atoms with Crippen LogP contribution in [0.1, 0.15) is 21.7 Å². The molecule has 0 aliphatic rings. The van der Waals surface area contributed by atoms with E-state index >= 15 is 0 Å². The van der Waals surface area contributed by atoms with Gasteiger partial charge in [-0.15, -0.1) is 0 Å². The van der Waals surface area contributed by atoms with Crippen molar-refractivity contribution in [1.82, 2.24) is 4.98 Å². The molecule has 114 valence electrons. The number of furan rings is 1. The summed E-state index contributed by atoms with van der Waals surface area (Å²) in [6, 6.07) is 6.34. The van der Waals surface area contributed by atoms with E-state index in [1.807, 2.05) is 0 Å². The molecule has 0 saturated heterocycles. The Balaban J connectivity index is 2.33. The smallest absolute Gasteiger partial charge is 0.417 e. The molecule has 2 aromatic heterocycles. The first-order chi connectivity index (χ1) is 10.9. The Labute approximate surface area is 127 Å². The molecule has 0 unspecified atom stereocenters. The van der Waals surface area contributed by atoms with Crippen LogP contribution in [0.3, 0.4) is 0 Å². The molecular weight excluding hydrogens is 309 g/mol. The SMILES string of the molecule is N#Cc1ccc(-c2cncc3cc(C=O)oc23)c(C(F)(F)F)c1. The number of benzene rings is 1. The third-order valence-corrected chi connectivity index (χ3v) is 3.30. The first-order valence-electron chi connectivity index (χ1n) is 6.38. The van der Waals surface area contributed by atoms with E-state index in [0.29, 0.717) is 11.7 Å². The van der Waals surface area contributed by atoms with Crippen LogP contribution < -0.4 is 0 Å². The lowest BCUT2D eigenvalue weighted by Crippen LogP contribution is -2.08. The molecule has 0 spiro atoms. The fourth-order valence-corrected chi connectivity index (χ4v) is 2.32. The fraction of sp³-hybridized carbons (Fsp3) is 0.0625. The Morgan fingerprint density at radius 2 is 1.96 bits per heavy atom. The van der Waals surface area contributed by atoms with Crippen molar-refractivity contribution in [2.75, 3.05) is 0 Å². The highest BCUT2D eigenvalue weighted by Gasteiger charge is 2.34. The number of fused-ring (bicyclic) bond motifs is 1. The van der Waals surface area contributed by atoms with Crippen LogP contribution in [0.15, 0.2) is 41.1 Å². The Bertz CT molecular complexity index is 952. The van der Waals surface area contributed by atoms with Gasteiger partial charge >= 0.3 is 6.18 Å². The minimum absolute atomic E-state index is 0.00328. The van der Waals surface area contributed by atoms with Crippen LogP contribution >= 0.6 is 0 Å². The molecule has 0 bridgehead atoms. The van der Waals surface area contributed by atoms with Gasteiger partial charge in [-0.1, -0.05) is 6.07 Å². The van der Waals surface area contributed by atoms with E-state index in [9.17, 15) is 18.0 Å². The molecule has 0 aliphatic carbocycles. The Morgan fingerprint density at radius 3 is 2.61 bits per heavy atom. The fourth-order valence-electron chi connectivity index (χ4n) is 2.32. The van der Waals surface area contributed by atoms with E-state index in [1.165, 1.54) is 30.6 Å². The van der Waals surface area contributed by atoms with E-state index in [-0.39, 0.29) is 28.0 Å². The van der Waals surface area contributed by atoms with Crippen molar-refractivity contribution < 1.29 is 22.4 Å². The number of hydrogen-bond donors (Lipinski definition) is 0. The monoisotopic (exact) mass is 316 g/mol. The highest BCUT2D eigenvalue weighted by molar-refractivity contribution is 5.95. The molecule has 2 heterocycles. The van der Waals surface area contributed by atoms with E-state index in [4.69, 9.17) is 9.68 Å². The number of hydrogen-bond acceptors (Lipinski definition) is 4. The number of nitrogens with zero attached hydrogens (tertiary/aromatic N) is 2. The van der Waals surface area contributed by atoms with E-state index in [2.05, 4.69) is 4.98 Å². The lowest BCUT2D eigenvalue weighted by Gasteiger charge is -2.13. The van der Waals surface area contributed by atoms with Gasteiger partial charge in [-0.25, -0.2) is 0 Å². The molecule has 0 N–H and O–H groups in total. The molecule has 0 atom stereocenters. The maximum absolute atomic E-state index is 13.3. The lowest BCUT2D eigenvalue weighted by molar-refractivity contribution is -0.137. The minimum Gasteiger partial charge on any atom is -0.453 e. The number of carbonyl (C=O) groups is 1. The molecule has 1 aromatic carbocycles. The summed E-state index contributed by atoms with van der Waals surface area (Å²) >= 11 is 0. The average molecular weight is 316 g/mol. The van der Waals surface area contributed by atoms with Crippen molar-refractivity contribution in [3.8, 4) is 17.2 Å². The molecule has 4 nitrogen and oxygen atoms in total. The maximum Gasteiger partial charge on any atom is 0.417 e. The number of carbonyl (C=O) groups excluding carboxylic acids is 1. The zero-order valence-corrected chi connectivity index (χ0v) is 11.4. The van der Waals surface area contributed by atoms with Crippen LogP contribution in [0.2, 0.25) is 0 Å². The molecule has 0 aliphatic heterocycles. The highest BCUT2D eigenvalue weighted by Crippen LogP contribution is 2.40. The average Bonchev–Trinajstić information content (AvgIpc) is 2.96. The second-order valence-electron chi connectivity index (χ2n) is 4.74. The number of aldehydes is 1. The Kier molecular flexibility index (Phi) is 3.37. The van der Waals surface area contributed by atoms with Gasteiger partial charge in [-0.2, -0.15) is 18.4 Å².